The van der Waals surface area contributed by atoms with Crippen molar-refractivity contribution in [2.24, 2.45) is 0 Å². The van der Waals surface area contributed by atoms with Crippen molar-refractivity contribution in [3.63, 3.8) is 0 Å². The van der Waals surface area contributed by atoms with Crippen molar-refractivity contribution in [1.29, 1.82) is 0 Å². The van der Waals surface area contributed by atoms with Crippen LogP contribution in [0.3, 0.4) is 0 Å². The largest absolute Gasteiger partial charge is 0.508 e. The molecule has 6 nitrogen and oxygen atoms in total. The molecule has 0 saturated heterocycles. The molecule has 0 aliphatic heterocycles. The Hall–Kier alpha value is -2.60. The minimum absolute atomic E-state index is 0.168. The summed E-state index contributed by atoms with van der Waals surface area (Å²) >= 11 is 0. The number of nitrogens with zero attached hydrogens (tertiary/aromatic N) is 2. The van der Waals surface area contributed by atoms with Gasteiger partial charge < -0.3 is 19.3 Å². The van der Waals surface area contributed by atoms with E-state index in [2.05, 4.69) is 0 Å². The fourth-order valence-corrected chi connectivity index (χ4v) is 2.58. The van der Waals surface area contributed by atoms with Crippen LogP contribution in [0.1, 0.15) is 29.3 Å². The number of methoxy groups -OCH3 is 1. The molecule has 0 spiro atoms. The molecule has 0 fully saturated rings. The fraction of sp³-hybridized carbons (Fsp3) is 0.368. The molecular weight excluding hydrogens is 320 g/mol. The van der Waals surface area contributed by atoms with Crippen LogP contribution in [0.2, 0.25) is 0 Å². The van der Waals surface area contributed by atoms with Crippen molar-refractivity contribution in [3.8, 4) is 5.75 Å². The van der Waals surface area contributed by atoms with Crippen LogP contribution in [0.15, 0.2) is 47.4 Å². The van der Waals surface area contributed by atoms with Crippen LogP contribution in [-0.2, 0) is 17.8 Å². The van der Waals surface area contributed by atoms with E-state index in [-0.39, 0.29) is 17.2 Å². The van der Waals surface area contributed by atoms with E-state index in [1.165, 1.54) is 10.6 Å². The second kappa shape index (κ2) is 9.03. The highest BCUT2D eigenvalue weighted by molar-refractivity contribution is 5.93. The monoisotopic (exact) mass is 344 g/mol. The normalized spacial score (nSPS) is 10.6. The van der Waals surface area contributed by atoms with Crippen LogP contribution in [0.25, 0.3) is 0 Å². The molecule has 0 bridgehead atoms. The molecule has 6 heteroatoms. The van der Waals surface area contributed by atoms with Crippen molar-refractivity contribution in [1.82, 2.24) is 9.47 Å². The predicted octanol–water partition coefficient (Wildman–Crippen LogP) is 2.25. The van der Waals surface area contributed by atoms with Crippen LogP contribution < -0.4 is 5.56 Å². The van der Waals surface area contributed by atoms with Gasteiger partial charge in [0.1, 0.15) is 5.75 Å². The third kappa shape index (κ3) is 4.93. The molecule has 1 heterocycles. The molecule has 0 saturated carbocycles. The highest BCUT2D eigenvalue weighted by Crippen LogP contribution is 2.19. The summed E-state index contributed by atoms with van der Waals surface area (Å²) in [5.41, 5.74) is 0.966. The highest BCUT2D eigenvalue weighted by Gasteiger charge is 2.17. The van der Waals surface area contributed by atoms with Gasteiger partial charge in [0, 0.05) is 44.6 Å². The number of ether oxygens (including phenoxy) is 1. The molecule has 25 heavy (non-hydrogen) atoms. The molecule has 134 valence electrons. The molecule has 0 atom stereocenters. The number of carbonyl (C=O) groups is 1. The second-order valence-electron chi connectivity index (χ2n) is 5.80. The minimum atomic E-state index is -0.170. The zero-order valence-electron chi connectivity index (χ0n) is 14.6. The van der Waals surface area contributed by atoms with Gasteiger partial charge in [-0.1, -0.05) is 25.1 Å². The summed E-state index contributed by atoms with van der Waals surface area (Å²) in [6, 6.07) is 9.92. The summed E-state index contributed by atoms with van der Waals surface area (Å²) in [4.78, 5) is 26.4. The highest BCUT2D eigenvalue weighted by atomic mass is 16.5. The Labute approximate surface area is 147 Å². The van der Waals surface area contributed by atoms with E-state index in [0.717, 1.165) is 6.42 Å². The van der Waals surface area contributed by atoms with E-state index in [9.17, 15) is 14.7 Å². The van der Waals surface area contributed by atoms with Gasteiger partial charge in [-0.3, -0.25) is 9.59 Å². The first-order valence-electron chi connectivity index (χ1n) is 8.32. The lowest BCUT2D eigenvalue weighted by molar-refractivity contribution is 0.0741. The average molecular weight is 344 g/mol. The number of hydrogen-bond acceptors (Lipinski definition) is 4. The molecule has 0 aliphatic carbocycles. The molecule has 1 amide bonds. The van der Waals surface area contributed by atoms with Crippen molar-refractivity contribution < 1.29 is 14.6 Å². The molecule has 0 aliphatic rings. The number of benzene rings is 1. The molecule has 1 aromatic heterocycles. The van der Waals surface area contributed by atoms with Gasteiger partial charge >= 0.3 is 0 Å². The van der Waals surface area contributed by atoms with Gasteiger partial charge in [0.05, 0.1) is 12.2 Å². The quantitative estimate of drug-likeness (QED) is 0.797. The number of pyridine rings is 1. The third-order valence-corrected chi connectivity index (χ3v) is 3.90. The Morgan fingerprint density at radius 3 is 2.68 bits per heavy atom. The van der Waals surface area contributed by atoms with Gasteiger partial charge in [0.15, 0.2) is 0 Å². The molecule has 1 aromatic carbocycles. The summed E-state index contributed by atoms with van der Waals surface area (Å²) in [6.07, 6.45) is 2.36. The van der Waals surface area contributed by atoms with E-state index in [1.54, 1.807) is 42.5 Å². The number of para-hydroxylation sites is 1. The number of rotatable bonds is 8. The van der Waals surface area contributed by atoms with E-state index >= 15 is 0 Å². The smallest absolute Gasteiger partial charge is 0.255 e. The average Bonchev–Trinajstić information content (AvgIpc) is 2.62. The fourth-order valence-electron chi connectivity index (χ4n) is 2.58. The van der Waals surface area contributed by atoms with Crippen LogP contribution in [-0.4, -0.2) is 40.7 Å². The predicted molar refractivity (Wildman–Crippen MR) is 95.7 cm³/mol. The molecule has 0 unspecified atom stereocenters. The molecule has 0 radical (unpaired) electrons. The Morgan fingerprint density at radius 2 is 2.00 bits per heavy atom. The number of carbonyl (C=O) groups excluding carboxylic acids is 1. The van der Waals surface area contributed by atoms with Gasteiger partial charge in [0.2, 0.25) is 0 Å². The maximum absolute atomic E-state index is 12.9. The Balaban J connectivity index is 2.25. The number of hydrogen-bond donors (Lipinski definition) is 1. The number of phenols is 1. The van der Waals surface area contributed by atoms with Crippen LogP contribution in [0, 0.1) is 0 Å². The number of aromatic nitrogens is 1. The summed E-state index contributed by atoms with van der Waals surface area (Å²) in [5.74, 6) is -0.00209. The first kappa shape index (κ1) is 18.7. The first-order valence-corrected chi connectivity index (χ1v) is 8.32. The molecule has 2 rings (SSSR count). The first-order chi connectivity index (χ1) is 12.1. The van der Waals surface area contributed by atoms with Gasteiger partial charge in [-0.05, 0) is 18.6 Å². The van der Waals surface area contributed by atoms with E-state index in [1.807, 2.05) is 13.0 Å². The van der Waals surface area contributed by atoms with Crippen molar-refractivity contribution >= 4 is 5.91 Å². The topological polar surface area (TPSA) is 71.8 Å². The molecule has 1 N–H and O–H groups in total. The van der Waals surface area contributed by atoms with Crippen molar-refractivity contribution in [2.75, 3.05) is 20.3 Å². The van der Waals surface area contributed by atoms with Crippen molar-refractivity contribution in [3.05, 3.63) is 64.1 Å². The Kier molecular flexibility index (Phi) is 6.77. The number of aromatic hydroxyl groups is 1. The lowest BCUT2D eigenvalue weighted by atomic mass is 10.1. The molecular formula is C19H24N2O4. The second-order valence-corrected chi connectivity index (χ2v) is 5.80. The maximum Gasteiger partial charge on any atom is 0.255 e. The SMILES string of the molecule is CCCN(Cc1ccccc1O)C(=O)c1ccc(=O)n(CCOC)c1. The summed E-state index contributed by atoms with van der Waals surface area (Å²) in [5, 5.41) is 9.96. The summed E-state index contributed by atoms with van der Waals surface area (Å²) in [6.45, 7) is 3.66. The third-order valence-electron chi connectivity index (χ3n) is 3.90. The van der Waals surface area contributed by atoms with Crippen LogP contribution >= 0.6 is 0 Å². The van der Waals surface area contributed by atoms with Crippen molar-refractivity contribution in [2.45, 2.75) is 26.4 Å². The van der Waals surface area contributed by atoms with Gasteiger partial charge in [-0.15, -0.1) is 0 Å². The zero-order valence-corrected chi connectivity index (χ0v) is 14.6. The summed E-state index contributed by atoms with van der Waals surface area (Å²) in [7, 11) is 1.56. The van der Waals surface area contributed by atoms with Gasteiger partial charge in [-0.2, -0.15) is 0 Å². The van der Waals surface area contributed by atoms with E-state index < -0.39 is 0 Å². The maximum atomic E-state index is 12.9. The molecule has 2 aromatic rings. The standard InChI is InChI=1S/C19H24N2O4/c1-3-10-21(13-15-6-4-5-7-17(15)22)19(24)16-8-9-18(23)20(14-16)11-12-25-2/h4-9,14,22H,3,10-13H2,1-2H3. The summed E-state index contributed by atoms with van der Waals surface area (Å²) < 4.78 is 6.47. The van der Waals surface area contributed by atoms with Crippen LogP contribution in [0.4, 0.5) is 0 Å². The number of phenolic OH excluding ortho intramolecular Hbond substituents is 1. The number of amides is 1. The van der Waals surface area contributed by atoms with Gasteiger partial charge in [0.25, 0.3) is 11.5 Å². The lowest BCUT2D eigenvalue weighted by Crippen LogP contribution is -2.32. The Bertz CT molecular complexity index is 770. The zero-order chi connectivity index (χ0) is 18.2. The van der Waals surface area contributed by atoms with E-state index in [4.69, 9.17) is 4.74 Å². The lowest BCUT2D eigenvalue weighted by Gasteiger charge is -2.23. The minimum Gasteiger partial charge on any atom is -0.508 e. The van der Waals surface area contributed by atoms with E-state index in [0.29, 0.717) is 37.4 Å². The van der Waals surface area contributed by atoms with Crippen LogP contribution in [0.5, 0.6) is 5.75 Å². The van der Waals surface area contributed by atoms with Gasteiger partial charge in [-0.25, -0.2) is 0 Å². The Morgan fingerprint density at radius 1 is 1.24 bits per heavy atom.